The third kappa shape index (κ3) is 3.42. The summed E-state index contributed by atoms with van der Waals surface area (Å²) in [5.41, 5.74) is 0.512. The second kappa shape index (κ2) is 5.83. The van der Waals surface area contributed by atoms with Crippen molar-refractivity contribution in [2.24, 2.45) is 0 Å². The Hall–Kier alpha value is -0.610. The summed E-state index contributed by atoms with van der Waals surface area (Å²) in [5.74, 6) is 0.0272. The molecule has 0 aliphatic carbocycles. The molecule has 1 aromatic carbocycles. The summed E-state index contributed by atoms with van der Waals surface area (Å²) in [5, 5.41) is 4.26. The Morgan fingerprint density at radius 1 is 1.29 bits per heavy atom. The molecular weight excluding hydrogens is 259 g/mol. The number of hydrogen-bond acceptors (Lipinski definition) is 3. The van der Waals surface area contributed by atoms with Crippen LogP contribution in [0.4, 0.5) is 0 Å². The zero-order chi connectivity index (χ0) is 12.3. The lowest BCUT2D eigenvalue weighted by Gasteiger charge is -2.26. The van der Waals surface area contributed by atoms with Crippen LogP contribution in [-0.2, 0) is 0 Å². The fourth-order valence-corrected chi connectivity index (χ4v) is 2.26. The minimum absolute atomic E-state index is 0.0272. The number of hydrogen-bond donors (Lipinski definition) is 1. The van der Waals surface area contributed by atoms with E-state index in [0.29, 0.717) is 22.2 Å². The van der Waals surface area contributed by atoms with Gasteiger partial charge in [-0.1, -0.05) is 23.2 Å². The highest BCUT2D eigenvalue weighted by Crippen LogP contribution is 2.21. The van der Waals surface area contributed by atoms with E-state index < -0.39 is 0 Å². The van der Waals surface area contributed by atoms with E-state index in [4.69, 9.17) is 23.2 Å². The van der Waals surface area contributed by atoms with E-state index in [1.54, 1.807) is 18.2 Å². The maximum Gasteiger partial charge on any atom is 0.178 e. The molecule has 1 aromatic rings. The molecule has 0 bridgehead atoms. The van der Waals surface area contributed by atoms with Crippen molar-refractivity contribution in [3.8, 4) is 0 Å². The van der Waals surface area contributed by atoms with Crippen LogP contribution in [0.15, 0.2) is 18.2 Å². The van der Waals surface area contributed by atoms with Gasteiger partial charge in [-0.25, -0.2) is 0 Å². The smallest absolute Gasteiger partial charge is 0.178 e. The van der Waals surface area contributed by atoms with Crippen LogP contribution in [0.2, 0.25) is 10.0 Å². The molecule has 17 heavy (non-hydrogen) atoms. The number of halogens is 2. The second-order valence-electron chi connectivity index (χ2n) is 4.07. The Kier molecular flexibility index (Phi) is 4.40. The number of rotatable bonds is 3. The molecule has 1 heterocycles. The first-order chi connectivity index (χ1) is 8.16. The minimum Gasteiger partial charge on any atom is -0.314 e. The number of nitrogens with one attached hydrogen (secondary N) is 1. The van der Waals surface area contributed by atoms with E-state index in [9.17, 15) is 4.79 Å². The fourth-order valence-electron chi connectivity index (χ4n) is 1.87. The number of Topliss-reactive ketones (excluding diaryl/α,β-unsaturated/α-hetero) is 1. The zero-order valence-electron chi connectivity index (χ0n) is 9.38. The number of carbonyl (C=O) groups excluding carboxylic acids is 1. The quantitative estimate of drug-likeness (QED) is 0.856. The molecule has 5 heteroatoms. The van der Waals surface area contributed by atoms with Crippen molar-refractivity contribution in [3.63, 3.8) is 0 Å². The van der Waals surface area contributed by atoms with Crippen molar-refractivity contribution < 1.29 is 4.79 Å². The lowest BCUT2D eigenvalue weighted by molar-refractivity contribution is 0.0921. The fraction of sp³-hybridized carbons (Fsp3) is 0.417. The molecule has 2 rings (SSSR count). The van der Waals surface area contributed by atoms with Gasteiger partial charge in [0.25, 0.3) is 0 Å². The van der Waals surface area contributed by atoms with Crippen LogP contribution in [-0.4, -0.2) is 43.4 Å². The van der Waals surface area contributed by atoms with Crippen LogP contribution in [0.3, 0.4) is 0 Å². The van der Waals surface area contributed by atoms with Gasteiger partial charge in [0.05, 0.1) is 11.6 Å². The molecule has 1 saturated heterocycles. The number of benzene rings is 1. The van der Waals surface area contributed by atoms with E-state index in [1.165, 1.54) is 0 Å². The normalized spacial score (nSPS) is 17.1. The van der Waals surface area contributed by atoms with Crippen molar-refractivity contribution >= 4 is 29.0 Å². The summed E-state index contributed by atoms with van der Waals surface area (Å²) >= 11 is 11.9. The van der Waals surface area contributed by atoms with Gasteiger partial charge in [-0.3, -0.25) is 9.69 Å². The molecule has 1 aliphatic heterocycles. The average molecular weight is 273 g/mol. The van der Waals surface area contributed by atoms with Gasteiger partial charge in [0.1, 0.15) is 0 Å². The maximum absolute atomic E-state index is 12.1. The number of piperazine rings is 1. The summed E-state index contributed by atoms with van der Waals surface area (Å²) in [7, 11) is 0. The third-order valence-electron chi connectivity index (χ3n) is 2.81. The van der Waals surface area contributed by atoms with Gasteiger partial charge in [0.15, 0.2) is 5.78 Å². The summed E-state index contributed by atoms with van der Waals surface area (Å²) in [6.45, 7) is 4.04. The topological polar surface area (TPSA) is 32.3 Å². The Bertz CT molecular complexity index is 417. The molecule has 0 aromatic heterocycles. The van der Waals surface area contributed by atoms with Gasteiger partial charge in [0.2, 0.25) is 0 Å². The van der Waals surface area contributed by atoms with E-state index in [-0.39, 0.29) is 5.78 Å². The molecule has 1 aliphatic rings. The number of nitrogens with zero attached hydrogens (tertiary/aromatic N) is 1. The maximum atomic E-state index is 12.1. The van der Waals surface area contributed by atoms with Crippen LogP contribution >= 0.6 is 23.2 Å². The Morgan fingerprint density at radius 3 is 2.71 bits per heavy atom. The minimum atomic E-state index is 0.0272. The van der Waals surface area contributed by atoms with Crippen LogP contribution in [0.1, 0.15) is 10.4 Å². The molecule has 1 N–H and O–H groups in total. The van der Waals surface area contributed by atoms with E-state index in [1.807, 2.05) is 0 Å². The van der Waals surface area contributed by atoms with Gasteiger partial charge >= 0.3 is 0 Å². The summed E-state index contributed by atoms with van der Waals surface area (Å²) < 4.78 is 0. The van der Waals surface area contributed by atoms with Crippen molar-refractivity contribution in [1.29, 1.82) is 0 Å². The highest BCUT2D eigenvalue weighted by molar-refractivity contribution is 6.36. The largest absolute Gasteiger partial charge is 0.314 e. The Morgan fingerprint density at radius 2 is 2.00 bits per heavy atom. The average Bonchev–Trinajstić information content (AvgIpc) is 2.33. The van der Waals surface area contributed by atoms with E-state index >= 15 is 0 Å². The predicted octanol–water partition coefficient (Wildman–Crippen LogP) is 2.08. The van der Waals surface area contributed by atoms with Crippen LogP contribution in [0.25, 0.3) is 0 Å². The first-order valence-electron chi connectivity index (χ1n) is 5.58. The Labute approximate surface area is 111 Å². The molecule has 0 saturated carbocycles. The first-order valence-corrected chi connectivity index (χ1v) is 6.34. The molecule has 0 radical (unpaired) electrons. The van der Waals surface area contributed by atoms with Crippen molar-refractivity contribution in [2.75, 3.05) is 32.7 Å². The Balaban J connectivity index is 2.05. The summed E-state index contributed by atoms with van der Waals surface area (Å²) in [6, 6.07) is 4.98. The van der Waals surface area contributed by atoms with Gasteiger partial charge in [0, 0.05) is 36.8 Å². The van der Waals surface area contributed by atoms with Crippen LogP contribution < -0.4 is 5.32 Å². The molecule has 0 amide bonds. The second-order valence-corrected chi connectivity index (χ2v) is 4.92. The lowest BCUT2D eigenvalue weighted by atomic mass is 10.1. The van der Waals surface area contributed by atoms with E-state index in [0.717, 1.165) is 26.2 Å². The SMILES string of the molecule is O=C(CN1CCNCC1)c1cc(Cl)ccc1Cl. The highest BCUT2D eigenvalue weighted by Gasteiger charge is 2.17. The summed E-state index contributed by atoms with van der Waals surface area (Å²) in [4.78, 5) is 14.2. The molecule has 3 nitrogen and oxygen atoms in total. The lowest BCUT2D eigenvalue weighted by Crippen LogP contribution is -2.45. The van der Waals surface area contributed by atoms with Crippen LogP contribution in [0.5, 0.6) is 0 Å². The van der Waals surface area contributed by atoms with Gasteiger partial charge in [-0.15, -0.1) is 0 Å². The highest BCUT2D eigenvalue weighted by atomic mass is 35.5. The zero-order valence-corrected chi connectivity index (χ0v) is 10.9. The van der Waals surface area contributed by atoms with Crippen LogP contribution in [0, 0.1) is 0 Å². The number of carbonyl (C=O) groups is 1. The van der Waals surface area contributed by atoms with Crippen molar-refractivity contribution in [1.82, 2.24) is 10.2 Å². The third-order valence-corrected chi connectivity index (χ3v) is 3.37. The predicted molar refractivity (Wildman–Crippen MR) is 70.1 cm³/mol. The van der Waals surface area contributed by atoms with Gasteiger partial charge in [-0.2, -0.15) is 0 Å². The summed E-state index contributed by atoms with van der Waals surface area (Å²) in [6.07, 6.45) is 0. The van der Waals surface area contributed by atoms with Crippen molar-refractivity contribution in [2.45, 2.75) is 0 Å². The molecule has 92 valence electrons. The molecule has 0 unspecified atom stereocenters. The van der Waals surface area contributed by atoms with Crippen molar-refractivity contribution in [3.05, 3.63) is 33.8 Å². The monoisotopic (exact) mass is 272 g/mol. The molecule has 0 atom stereocenters. The number of ketones is 1. The van der Waals surface area contributed by atoms with E-state index in [2.05, 4.69) is 10.2 Å². The molecule has 1 fully saturated rings. The molecular formula is C12H14Cl2N2O. The van der Waals surface area contributed by atoms with Gasteiger partial charge in [-0.05, 0) is 18.2 Å². The first kappa shape index (κ1) is 12.8. The standard InChI is InChI=1S/C12H14Cl2N2O/c13-9-1-2-11(14)10(7-9)12(17)8-16-5-3-15-4-6-16/h1-2,7,15H,3-6,8H2. The molecule has 0 spiro atoms. The van der Waals surface area contributed by atoms with Gasteiger partial charge < -0.3 is 5.32 Å².